The molecule has 0 saturated carbocycles. The van der Waals surface area contributed by atoms with Gasteiger partial charge >= 0.3 is 0 Å². The van der Waals surface area contributed by atoms with Crippen molar-refractivity contribution in [3.63, 3.8) is 0 Å². The number of ether oxygens (including phenoxy) is 1. The van der Waals surface area contributed by atoms with Gasteiger partial charge in [0.2, 0.25) is 0 Å². The Morgan fingerprint density at radius 1 is 1.42 bits per heavy atom. The number of rotatable bonds is 4. The van der Waals surface area contributed by atoms with Crippen molar-refractivity contribution in [2.24, 2.45) is 11.8 Å². The van der Waals surface area contributed by atoms with Crippen LogP contribution in [-0.2, 0) is 17.9 Å². The van der Waals surface area contributed by atoms with Crippen LogP contribution in [0.1, 0.15) is 31.5 Å². The number of hydrogen-bond donors (Lipinski definition) is 0. The number of hydrogen-bond acceptors (Lipinski definition) is 5. The summed E-state index contributed by atoms with van der Waals surface area (Å²) in [5, 5.41) is 4.01. The molecule has 0 radical (unpaired) electrons. The highest BCUT2D eigenvalue weighted by atomic mass is 16.5. The number of fused-ring (bicyclic) bond motifs is 1. The molecule has 0 unspecified atom stereocenters. The number of allylic oxidation sites excluding steroid dienone is 2. The number of methoxy groups -OCH3 is 1. The van der Waals surface area contributed by atoms with Crippen molar-refractivity contribution in [1.29, 1.82) is 0 Å². The minimum Gasteiger partial charge on any atom is -0.375 e. The summed E-state index contributed by atoms with van der Waals surface area (Å²) in [6.45, 7) is 5.74. The summed E-state index contributed by atoms with van der Waals surface area (Å²) in [5.41, 5.74) is 1.55. The highest BCUT2D eigenvalue weighted by Gasteiger charge is 2.34. The minimum atomic E-state index is 0.390. The molecule has 1 aliphatic heterocycles. The zero-order valence-corrected chi connectivity index (χ0v) is 11.6. The Morgan fingerprint density at radius 2 is 2.26 bits per heavy atom. The van der Waals surface area contributed by atoms with Gasteiger partial charge in [0, 0.05) is 20.2 Å². The number of aromatic nitrogens is 2. The van der Waals surface area contributed by atoms with E-state index in [1.165, 1.54) is 12.8 Å². The van der Waals surface area contributed by atoms with Gasteiger partial charge in [-0.25, -0.2) is 0 Å². The van der Waals surface area contributed by atoms with E-state index in [0.717, 1.165) is 37.3 Å². The van der Waals surface area contributed by atoms with Crippen molar-refractivity contribution in [3.8, 4) is 0 Å². The molecule has 1 saturated heterocycles. The number of nitrogens with zero attached hydrogens (tertiary/aromatic N) is 3. The van der Waals surface area contributed by atoms with Crippen molar-refractivity contribution in [2.45, 2.75) is 32.9 Å². The first-order valence-corrected chi connectivity index (χ1v) is 6.93. The fourth-order valence-electron chi connectivity index (χ4n) is 3.25. The van der Waals surface area contributed by atoms with Crippen LogP contribution in [0.3, 0.4) is 0 Å². The largest absolute Gasteiger partial charge is 0.375 e. The second-order valence-corrected chi connectivity index (χ2v) is 5.74. The monoisotopic (exact) mass is 263 g/mol. The fourth-order valence-corrected chi connectivity index (χ4v) is 3.25. The summed E-state index contributed by atoms with van der Waals surface area (Å²) in [4.78, 5) is 6.79. The van der Waals surface area contributed by atoms with Crippen LogP contribution < -0.4 is 0 Å². The van der Waals surface area contributed by atoms with E-state index in [-0.39, 0.29) is 0 Å². The second-order valence-electron chi connectivity index (χ2n) is 5.74. The molecule has 1 aromatic rings. The Hall–Kier alpha value is -1.20. The molecule has 0 aromatic carbocycles. The van der Waals surface area contributed by atoms with E-state index in [2.05, 4.69) is 28.0 Å². The molecule has 2 heterocycles. The molecule has 5 heteroatoms. The summed E-state index contributed by atoms with van der Waals surface area (Å²) in [7, 11) is 1.63. The lowest BCUT2D eigenvalue weighted by Crippen LogP contribution is -2.21. The Labute approximate surface area is 113 Å². The Morgan fingerprint density at radius 3 is 3.11 bits per heavy atom. The Kier molecular flexibility index (Phi) is 3.66. The maximum Gasteiger partial charge on any atom is 0.252 e. The smallest absolute Gasteiger partial charge is 0.252 e. The molecule has 19 heavy (non-hydrogen) atoms. The van der Waals surface area contributed by atoms with Gasteiger partial charge in [0.25, 0.3) is 5.89 Å². The molecular weight excluding hydrogens is 242 g/mol. The molecule has 104 valence electrons. The maximum absolute atomic E-state index is 5.13. The highest BCUT2D eigenvalue weighted by Crippen LogP contribution is 2.35. The summed E-state index contributed by atoms with van der Waals surface area (Å²) < 4.78 is 10.1. The lowest BCUT2D eigenvalue weighted by atomic mass is 9.83. The van der Waals surface area contributed by atoms with Gasteiger partial charge in [0.1, 0.15) is 6.61 Å². The van der Waals surface area contributed by atoms with Crippen LogP contribution in [0.5, 0.6) is 0 Å². The van der Waals surface area contributed by atoms with E-state index in [1.807, 2.05) is 0 Å². The van der Waals surface area contributed by atoms with Crippen LogP contribution in [0, 0.1) is 11.8 Å². The summed E-state index contributed by atoms with van der Waals surface area (Å²) in [5.74, 6) is 2.96. The molecule has 1 aromatic heterocycles. The first-order chi connectivity index (χ1) is 9.24. The lowest BCUT2D eigenvalue weighted by molar-refractivity contribution is 0.151. The molecule has 1 aliphatic carbocycles. The van der Waals surface area contributed by atoms with Crippen LogP contribution in [0.4, 0.5) is 0 Å². The zero-order chi connectivity index (χ0) is 13.2. The molecule has 0 amide bonds. The SMILES string of the molecule is COCc1nc(CN2C[C@H]3CC(C)=CC[C@H]3C2)no1. The van der Waals surface area contributed by atoms with E-state index in [9.17, 15) is 0 Å². The molecule has 2 aliphatic rings. The van der Waals surface area contributed by atoms with Crippen LogP contribution >= 0.6 is 0 Å². The van der Waals surface area contributed by atoms with Crippen LogP contribution in [0.15, 0.2) is 16.2 Å². The van der Waals surface area contributed by atoms with Gasteiger partial charge < -0.3 is 9.26 Å². The van der Waals surface area contributed by atoms with Crippen LogP contribution in [0.2, 0.25) is 0 Å². The van der Waals surface area contributed by atoms with E-state index >= 15 is 0 Å². The van der Waals surface area contributed by atoms with E-state index in [4.69, 9.17) is 9.26 Å². The standard InChI is InChI=1S/C14H21N3O2/c1-10-3-4-11-6-17(7-12(11)5-10)8-13-15-14(9-18-2)19-16-13/h3,11-12H,4-9H2,1-2H3/t11-,12+/m0/s1. The summed E-state index contributed by atoms with van der Waals surface area (Å²) >= 11 is 0. The topological polar surface area (TPSA) is 51.4 Å². The zero-order valence-electron chi connectivity index (χ0n) is 11.6. The molecule has 2 atom stereocenters. The van der Waals surface area contributed by atoms with Crippen molar-refractivity contribution < 1.29 is 9.26 Å². The predicted octanol–water partition coefficient (Wildman–Crippen LogP) is 2.00. The first kappa shape index (κ1) is 12.8. The highest BCUT2D eigenvalue weighted by molar-refractivity contribution is 5.08. The molecule has 0 N–H and O–H groups in total. The number of likely N-dealkylation sites (tertiary alicyclic amines) is 1. The fraction of sp³-hybridized carbons (Fsp3) is 0.714. The van der Waals surface area contributed by atoms with Crippen molar-refractivity contribution in [3.05, 3.63) is 23.4 Å². The Bertz CT molecular complexity index is 469. The van der Waals surface area contributed by atoms with Crippen molar-refractivity contribution in [2.75, 3.05) is 20.2 Å². The summed E-state index contributed by atoms with van der Waals surface area (Å²) in [6.07, 6.45) is 4.88. The van der Waals surface area contributed by atoms with Crippen LogP contribution in [-0.4, -0.2) is 35.2 Å². The van der Waals surface area contributed by atoms with Gasteiger partial charge in [-0.05, 0) is 31.6 Å². The van der Waals surface area contributed by atoms with Gasteiger partial charge in [-0.3, -0.25) is 4.90 Å². The van der Waals surface area contributed by atoms with E-state index in [0.29, 0.717) is 12.5 Å². The minimum absolute atomic E-state index is 0.390. The third kappa shape index (κ3) is 2.87. The third-order valence-electron chi connectivity index (χ3n) is 4.15. The Balaban J connectivity index is 1.57. The molecular formula is C14H21N3O2. The van der Waals surface area contributed by atoms with Gasteiger partial charge in [-0.2, -0.15) is 4.98 Å². The molecule has 5 nitrogen and oxygen atoms in total. The lowest BCUT2D eigenvalue weighted by Gasteiger charge is -2.22. The second kappa shape index (κ2) is 5.43. The normalized spacial score (nSPS) is 27.4. The molecule has 0 bridgehead atoms. The molecule has 1 fully saturated rings. The predicted molar refractivity (Wildman–Crippen MR) is 70.3 cm³/mol. The molecule has 3 rings (SSSR count). The van der Waals surface area contributed by atoms with Gasteiger partial charge in [0.05, 0.1) is 6.54 Å². The molecule has 0 spiro atoms. The average molecular weight is 263 g/mol. The first-order valence-electron chi connectivity index (χ1n) is 6.93. The maximum atomic E-state index is 5.13. The quantitative estimate of drug-likeness (QED) is 0.778. The van der Waals surface area contributed by atoms with Crippen LogP contribution in [0.25, 0.3) is 0 Å². The van der Waals surface area contributed by atoms with Crippen molar-refractivity contribution >= 4 is 0 Å². The van der Waals surface area contributed by atoms with E-state index < -0.39 is 0 Å². The van der Waals surface area contributed by atoms with E-state index in [1.54, 1.807) is 12.7 Å². The van der Waals surface area contributed by atoms with Gasteiger partial charge in [0.15, 0.2) is 5.82 Å². The van der Waals surface area contributed by atoms with Crippen molar-refractivity contribution in [1.82, 2.24) is 15.0 Å². The summed E-state index contributed by atoms with van der Waals surface area (Å²) in [6, 6.07) is 0. The average Bonchev–Trinajstić information content (AvgIpc) is 2.96. The third-order valence-corrected chi connectivity index (χ3v) is 4.15. The van der Waals surface area contributed by atoms with Gasteiger partial charge in [-0.15, -0.1) is 0 Å². The van der Waals surface area contributed by atoms with Gasteiger partial charge in [-0.1, -0.05) is 16.8 Å².